The van der Waals surface area contributed by atoms with Crippen LogP contribution in [-0.2, 0) is 0 Å². The van der Waals surface area contributed by atoms with Crippen LogP contribution in [0.5, 0.6) is 11.5 Å². The van der Waals surface area contributed by atoms with Crippen LogP contribution < -0.4 is 14.8 Å². The zero-order valence-electron chi connectivity index (χ0n) is 10.8. The Bertz CT molecular complexity index is 646. The number of nitrogens with one attached hydrogen (secondary N) is 1. The lowest BCUT2D eigenvalue weighted by molar-refractivity contribution is 0.174. The average Bonchev–Trinajstić information content (AvgIpc) is 2.90. The number of hydrogen-bond acceptors (Lipinski definition) is 3. The molecule has 1 unspecified atom stereocenters. The van der Waals surface area contributed by atoms with Gasteiger partial charge >= 0.3 is 0 Å². The lowest BCUT2D eigenvalue weighted by atomic mass is 10.1. The van der Waals surface area contributed by atoms with Gasteiger partial charge in [0.2, 0.25) is 6.79 Å². The summed E-state index contributed by atoms with van der Waals surface area (Å²) in [7, 11) is 0. The molecule has 0 spiro atoms. The first kappa shape index (κ1) is 13.8. The highest BCUT2D eigenvalue weighted by molar-refractivity contribution is 9.11. The maximum absolute atomic E-state index is 5.42. The number of fused-ring (bicyclic) bond motifs is 1. The van der Waals surface area contributed by atoms with Crippen LogP contribution >= 0.6 is 31.9 Å². The number of benzene rings is 2. The fourth-order valence-corrected chi connectivity index (χ4v) is 2.83. The standard InChI is InChI=1S/C15H13Br2NO2/c1-9(18-13-7-11(16)3-4-12(13)17)10-2-5-14-15(6-10)20-8-19-14/h2-7,9,18H,8H2,1H3. The zero-order valence-corrected chi connectivity index (χ0v) is 14.0. The molecule has 1 aliphatic heterocycles. The molecule has 5 heteroatoms. The minimum absolute atomic E-state index is 0.162. The van der Waals surface area contributed by atoms with Crippen molar-refractivity contribution in [2.24, 2.45) is 0 Å². The largest absolute Gasteiger partial charge is 0.454 e. The van der Waals surface area contributed by atoms with Gasteiger partial charge in [-0.3, -0.25) is 0 Å². The van der Waals surface area contributed by atoms with E-state index in [2.05, 4.69) is 50.2 Å². The maximum Gasteiger partial charge on any atom is 0.231 e. The molecule has 0 saturated heterocycles. The summed E-state index contributed by atoms with van der Waals surface area (Å²) in [6.45, 7) is 2.42. The first-order valence-corrected chi connectivity index (χ1v) is 7.83. The van der Waals surface area contributed by atoms with Gasteiger partial charge in [0.25, 0.3) is 0 Å². The van der Waals surface area contributed by atoms with Gasteiger partial charge in [0, 0.05) is 15.0 Å². The normalized spacial score (nSPS) is 14.2. The van der Waals surface area contributed by atoms with Crippen molar-refractivity contribution < 1.29 is 9.47 Å². The second-order valence-corrected chi connectivity index (χ2v) is 6.37. The predicted octanol–water partition coefficient (Wildman–Crippen LogP) is 5.11. The second-order valence-electron chi connectivity index (χ2n) is 4.60. The smallest absolute Gasteiger partial charge is 0.231 e. The molecule has 104 valence electrons. The second kappa shape index (κ2) is 5.66. The Morgan fingerprint density at radius 3 is 2.70 bits per heavy atom. The Morgan fingerprint density at radius 1 is 1.05 bits per heavy atom. The van der Waals surface area contributed by atoms with E-state index in [1.165, 1.54) is 0 Å². The molecule has 20 heavy (non-hydrogen) atoms. The van der Waals surface area contributed by atoms with Crippen molar-refractivity contribution >= 4 is 37.5 Å². The molecule has 0 amide bonds. The molecule has 2 aromatic rings. The minimum Gasteiger partial charge on any atom is -0.454 e. The molecule has 2 aromatic carbocycles. The van der Waals surface area contributed by atoms with E-state index >= 15 is 0 Å². The van der Waals surface area contributed by atoms with Gasteiger partial charge in [-0.05, 0) is 58.7 Å². The molecule has 0 bridgehead atoms. The predicted molar refractivity (Wildman–Crippen MR) is 86.4 cm³/mol. The van der Waals surface area contributed by atoms with Crippen molar-refractivity contribution in [3.8, 4) is 11.5 Å². The number of halogens is 2. The maximum atomic E-state index is 5.42. The molecule has 0 saturated carbocycles. The van der Waals surface area contributed by atoms with Crippen LogP contribution in [-0.4, -0.2) is 6.79 Å². The van der Waals surface area contributed by atoms with E-state index in [0.717, 1.165) is 31.7 Å². The molecule has 0 fully saturated rings. The first-order valence-electron chi connectivity index (χ1n) is 6.24. The third-order valence-corrected chi connectivity index (χ3v) is 4.38. The van der Waals surface area contributed by atoms with Crippen LogP contribution in [0.15, 0.2) is 45.3 Å². The van der Waals surface area contributed by atoms with Gasteiger partial charge in [0.05, 0.1) is 5.69 Å². The lowest BCUT2D eigenvalue weighted by Crippen LogP contribution is -2.07. The molecule has 1 aliphatic rings. The van der Waals surface area contributed by atoms with Crippen molar-refractivity contribution in [3.05, 3.63) is 50.9 Å². The molecular formula is C15H13Br2NO2. The van der Waals surface area contributed by atoms with E-state index in [9.17, 15) is 0 Å². The molecular weight excluding hydrogens is 386 g/mol. The van der Waals surface area contributed by atoms with Crippen LogP contribution in [0.25, 0.3) is 0 Å². The van der Waals surface area contributed by atoms with Crippen molar-refractivity contribution in [1.82, 2.24) is 0 Å². The molecule has 0 aliphatic carbocycles. The molecule has 3 nitrogen and oxygen atoms in total. The third kappa shape index (κ3) is 2.79. The summed E-state index contributed by atoms with van der Waals surface area (Å²) in [6, 6.07) is 12.2. The molecule has 0 aromatic heterocycles. The van der Waals surface area contributed by atoms with E-state index in [0.29, 0.717) is 6.79 Å². The molecule has 3 rings (SSSR count). The van der Waals surface area contributed by atoms with E-state index in [1.807, 2.05) is 30.3 Å². The summed E-state index contributed by atoms with van der Waals surface area (Å²) < 4.78 is 12.8. The van der Waals surface area contributed by atoms with Gasteiger partial charge in [-0.1, -0.05) is 22.0 Å². The highest BCUT2D eigenvalue weighted by Gasteiger charge is 2.16. The summed E-state index contributed by atoms with van der Waals surface area (Å²) in [6.07, 6.45) is 0. The average molecular weight is 399 g/mol. The van der Waals surface area contributed by atoms with Crippen LogP contribution in [0.2, 0.25) is 0 Å². The van der Waals surface area contributed by atoms with Crippen molar-refractivity contribution in [1.29, 1.82) is 0 Å². The van der Waals surface area contributed by atoms with E-state index in [4.69, 9.17) is 9.47 Å². The summed E-state index contributed by atoms with van der Waals surface area (Å²) in [4.78, 5) is 0. The Labute approximate surface area is 134 Å². The van der Waals surface area contributed by atoms with Gasteiger partial charge in [0.1, 0.15) is 0 Å². The molecule has 1 atom stereocenters. The van der Waals surface area contributed by atoms with Gasteiger partial charge in [-0.25, -0.2) is 0 Å². The summed E-state index contributed by atoms with van der Waals surface area (Å²) in [5, 5.41) is 3.49. The lowest BCUT2D eigenvalue weighted by Gasteiger charge is -2.17. The van der Waals surface area contributed by atoms with Gasteiger partial charge < -0.3 is 14.8 Å². The Balaban J connectivity index is 1.82. The highest BCUT2D eigenvalue weighted by atomic mass is 79.9. The van der Waals surface area contributed by atoms with E-state index < -0.39 is 0 Å². The summed E-state index contributed by atoms with van der Waals surface area (Å²) in [5.41, 5.74) is 2.20. The fraction of sp³-hybridized carbons (Fsp3) is 0.200. The number of anilines is 1. The number of rotatable bonds is 3. The Kier molecular flexibility index (Phi) is 3.89. The minimum atomic E-state index is 0.162. The van der Waals surface area contributed by atoms with Crippen LogP contribution in [0.3, 0.4) is 0 Å². The third-order valence-electron chi connectivity index (χ3n) is 3.20. The quantitative estimate of drug-likeness (QED) is 0.778. The molecule has 0 radical (unpaired) electrons. The molecule has 1 heterocycles. The first-order chi connectivity index (χ1) is 9.63. The van der Waals surface area contributed by atoms with Gasteiger partial charge in [0.15, 0.2) is 11.5 Å². The monoisotopic (exact) mass is 397 g/mol. The highest BCUT2D eigenvalue weighted by Crippen LogP contribution is 2.35. The number of ether oxygens (including phenoxy) is 2. The van der Waals surface area contributed by atoms with Gasteiger partial charge in [-0.15, -0.1) is 0 Å². The summed E-state index contributed by atoms with van der Waals surface area (Å²) in [5.74, 6) is 1.62. The van der Waals surface area contributed by atoms with Crippen molar-refractivity contribution in [2.75, 3.05) is 12.1 Å². The summed E-state index contributed by atoms with van der Waals surface area (Å²) >= 11 is 7.04. The van der Waals surface area contributed by atoms with Gasteiger partial charge in [-0.2, -0.15) is 0 Å². The van der Waals surface area contributed by atoms with Crippen LogP contribution in [0.4, 0.5) is 5.69 Å². The fourth-order valence-electron chi connectivity index (χ4n) is 2.11. The zero-order chi connectivity index (χ0) is 14.1. The Hall–Kier alpha value is -1.20. The topological polar surface area (TPSA) is 30.5 Å². The van der Waals surface area contributed by atoms with Crippen LogP contribution in [0, 0.1) is 0 Å². The van der Waals surface area contributed by atoms with Crippen molar-refractivity contribution in [2.45, 2.75) is 13.0 Å². The SMILES string of the molecule is CC(Nc1cc(Br)ccc1Br)c1ccc2c(c1)OCO2. The Morgan fingerprint density at radius 2 is 1.85 bits per heavy atom. The van der Waals surface area contributed by atoms with Crippen LogP contribution in [0.1, 0.15) is 18.5 Å². The van der Waals surface area contributed by atoms with E-state index in [-0.39, 0.29) is 6.04 Å². The van der Waals surface area contributed by atoms with E-state index in [1.54, 1.807) is 0 Å². The molecule has 1 N–H and O–H groups in total. The number of hydrogen-bond donors (Lipinski definition) is 1. The van der Waals surface area contributed by atoms with Crippen molar-refractivity contribution in [3.63, 3.8) is 0 Å².